The van der Waals surface area contributed by atoms with Crippen LogP contribution in [0, 0.1) is 4.91 Å². The normalized spacial score (nSPS) is 8.12. The molecule has 0 saturated heterocycles. The zero-order valence-corrected chi connectivity index (χ0v) is 4.50. The molecular formula is C3H7N3O2. The van der Waals surface area contributed by atoms with Crippen molar-refractivity contribution in [1.29, 1.82) is 0 Å². The van der Waals surface area contributed by atoms with Gasteiger partial charge in [-0.3, -0.25) is 0 Å². The molecule has 0 rings (SSSR count). The Morgan fingerprint density at radius 2 is 2.38 bits per heavy atom. The van der Waals surface area contributed by atoms with Gasteiger partial charge >= 0.3 is 6.03 Å². The second kappa shape index (κ2) is 2.95. The molecule has 0 bridgehead atoms. The van der Waals surface area contributed by atoms with Crippen LogP contribution < -0.4 is 5.73 Å². The van der Waals surface area contributed by atoms with Gasteiger partial charge in [0.2, 0.25) is 0 Å². The van der Waals surface area contributed by atoms with Crippen LogP contribution >= 0.6 is 0 Å². The molecule has 0 unspecified atom stereocenters. The van der Waals surface area contributed by atoms with Crippen molar-refractivity contribution in [3.8, 4) is 0 Å². The second-order valence-corrected chi connectivity index (χ2v) is 1.31. The first-order valence-electron chi connectivity index (χ1n) is 1.98. The van der Waals surface area contributed by atoms with Crippen molar-refractivity contribution in [1.82, 2.24) is 4.90 Å². The van der Waals surface area contributed by atoms with Crippen molar-refractivity contribution in [2.75, 3.05) is 13.7 Å². The van der Waals surface area contributed by atoms with Gasteiger partial charge < -0.3 is 10.6 Å². The summed E-state index contributed by atoms with van der Waals surface area (Å²) in [5.41, 5.74) is 4.71. The van der Waals surface area contributed by atoms with E-state index < -0.39 is 6.03 Å². The van der Waals surface area contributed by atoms with Gasteiger partial charge in [0.1, 0.15) is 0 Å². The molecule has 0 aromatic rings. The molecule has 0 spiro atoms. The SMILES string of the molecule is CN(CN=O)C(N)=O. The number of nitrogens with two attached hydrogens (primary N) is 1. The lowest BCUT2D eigenvalue weighted by atomic mass is 10.8. The Morgan fingerprint density at radius 1 is 1.88 bits per heavy atom. The Hall–Kier alpha value is -1.13. The van der Waals surface area contributed by atoms with Gasteiger partial charge in [0, 0.05) is 7.05 Å². The quantitative estimate of drug-likeness (QED) is 0.505. The third kappa shape index (κ3) is 2.12. The molecule has 0 atom stereocenters. The lowest BCUT2D eigenvalue weighted by molar-refractivity contribution is 0.220. The highest BCUT2D eigenvalue weighted by Crippen LogP contribution is 1.78. The molecule has 0 aliphatic rings. The van der Waals surface area contributed by atoms with Crippen LogP contribution in [0.1, 0.15) is 0 Å². The average molecular weight is 117 g/mol. The van der Waals surface area contributed by atoms with Crippen molar-refractivity contribution in [3.05, 3.63) is 4.91 Å². The number of primary amides is 1. The van der Waals surface area contributed by atoms with Crippen molar-refractivity contribution < 1.29 is 4.79 Å². The van der Waals surface area contributed by atoms with E-state index in [1.165, 1.54) is 7.05 Å². The van der Waals surface area contributed by atoms with Gasteiger partial charge in [0.05, 0.1) is 0 Å². The minimum atomic E-state index is -0.649. The van der Waals surface area contributed by atoms with Gasteiger partial charge in [0.15, 0.2) is 6.67 Å². The van der Waals surface area contributed by atoms with E-state index in [1.807, 2.05) is 0 Å². The maximum atomic E-state index is 10.0. The number of hydrogen-bond donors (Lipinski definition) is 1. The molecule has 0 aromatic carbocycles. The summed E-state index contributed by atoms with van der Waals surface area (Å²) in [6.45, 7) is -0.185. The number of amides is 2. The summed E-state index contributed by atoms with van der Waals surface area (Å²) in [4.78, 5) is 20.5. The van der Waals surface area contributed by atoms with E-state index in [0.717, 1.165) is 4.90 Å². The van der Waals surface area contributed by atoms with Crippen LogP contribution in [0.15, 0.2) is 5.18 Å². The average Bonchev–Trinajstić information content (AvgIpc) is 1.67. The fourth-order valence-electron chi connectivity index (χ4n) is 0.156. The number of carbonyl (C=O) groups excluding carboxylic acids is 1. The Morgan fingerprint density at radius 3 is 2.50 bits per heavy atom. The number of rotatable bonds is 2. The largest absolute Gasteiger partial charge is 0.351 e. The van der Waals surface area contributed by atoms with Crippen LogP contribution in [-0.2, 0) is 0 Å². The van der Waals surface area contributed by atoms with Crippen LogP contribution in [0.25, 0.3) is 0 Å². The zero-order valence-electron chi connectivity index (χ0n) is 4.50. The number of nitrogens with zero attached hydrogens (tertiary/aromatic N) is 2. The van der Waals surface area contributed by atoms with E-state index in [9.17, 15) is 9.70 Å². The van der Waals surface area contributed by atoms with Crippen molar-refractivity contribution in [2.24, 2.45) is 10.9 Å². The predicted octanol–water partition coefficient (Wildman–Crippen LogP) is -0.279. The van der Waals surface area contributed by atoms with Crippen LogP contribution in [0.4, 0.5) is 4.79 Å². The van der Waals surface area contributed by atoms with E-state index in [1.54, 1.807) is 0 Å². The lowest BCUT2D eigenvalue weighted by Crippen LogP contribution is -2.31. The highest BCUT2D eigenvalue weighted by Gasteiger charge is 1.98. The number of urea groups is 1. The van der Waals surface area contributed by atoms with Gasteiger partial charge in [-0.2, -0.15) is 0 Å². The van der Waals surface area contributed by atoms with E-state index >= 15 is 0 Å². The standard InChI is InChI=1S/C3H7N3O2/c1-6(2-5-8)3(4)7/h2H2,1H3,(H2,4,7). The molecule has 46 valence electrons. The number of nitroso groups, excluding NO2 is 1. The summed E-state index contributed by atoms with van der Waals surface area (Å²) < 4.78 is 0. The van der Waals surface area contributed by atoms with Crippen LogP contribution in [0.2, 0.25) is 0 Å². The number of carbonyl (C=O) groups is 1. The lowest BCUT2D eigenvalue weighted by Gasteiger charge is -2.06. The first kappa shape index (κ1) is 6.87. The Balaban J connectivity index is 3.46. The van der Waals surface area contributed by atoms with Crippen molar-refractivity contribution in [2.45, 2.75) is 0 Å². The van der Waals surface area contributed by atoms with Gasteiger partial charge in [0.25, 0.3) is 0 Å². The summed E-state index contributed by atoms with van der Waals surface area (Å²) >= 11 is 0. The molecule has 2 amide bonds. The van der Waals surface area contributed by atoms with E-state index in [2.05, 4.69) is 5.18 Å². The van der Waals surface area contributed by atoms with Crippen LogP contribution in [0.3, 0.4) is 0 Å². The molecule has 0 radical (unpaired) electrons. The highest BCUT2D eigenvalue weighted by molar-refractivity contribution is 5.71. The fraction of sp³-hybridized carbons (Fsp3) is 0.667. The smallest absolute Gasteiger partial charge is 0.316 e. The number of hydrogen-bond acceptors (Lipinski definition) is 3. The van der Waals surface area contributed by atoms with Gasteiger partial charge in [-0.25, -0.2) is 4.79 Å². The van der Waals surface area contributed by atoms with Gasteiger partial charge in [-0.1, -0.05) is 0 Å². The minimum absolute atomic E-state index is 0.185. The summed E-state index contributed by atoms with van der Waals surface area (Å²) in [5, 5.41) is 2.43. The first-order valence-corrected chi connectivity index (χ1v) is 1.98. The topological polar surface area (TPSA) is 75.8 Å². The summed E-state index contributed by atoms with van der Waals surface area (Å²) in [6.07, 6.45) is 0. The molecule has 5 heteroatoms. The first-order chi connectivity index (χ1) is 3.68. The Kier molecular flexibility index (Phi) is 2.53. The summed E-state index contributed by atoms with van der Waals surface area (Å²) in [6, 6.07) is -0.649. The minimum Gasteiger partial charge on any atom is -0.351 e. The summed E-state index contributed by atoms with van der Waals surface area (Å²) in [7, 11) is 1.39. The molecule has 2 N–H and O–H groups in total. The third-order valence-corrected chi connectivity index (χ3v) is 0.646. The molecule has 0 saturated carbocycles. The van der Waals surface area contributed by atoms with Crippen molar-refractivity contribution >= 4 is 6.03 Å². The molecule has 0 fully saturated rings. The van der Waals surface area contributed by atoms with Gasteiger partial charge in [-0.05, 0) is 5.18 Å². The predicted molar refractivity (Wildman–Crippen MR) is 28.0 cm³/mol. The molecule has 0 heterocycles. The highest BCUT2D eigenvalue weighted by atomic mass is 16.3. The van der Waals surface area contributed by atoms with E-state index in [0.29, 0.717) is 0 Å². The third-order valence-electron chi connectivity index (χ3n) is 0.646. The maximum Gasteiger partial charge on any atom is 0.316 e. The van der Waals surface area contributed by atoms with Crippen molar-refractivity contribution in [3.63, 3.8) is 0 Å². The Bertz CT molecular complexity index is 103. The monoisotopic (exact) mass is 117 g/mol. The molecule has 0 aliphatic heterocycles. The molecular weight excluding hydrogens is 110 g/mol. The van der Waals surface area contributed by atoms with Crippen LogP contribution in [0.5, 0.6) is 0 Å². The second-order valence-electron chi connectivity index (χ2n) is 1.31. The Labute approximate surface area is 46.4 Å². The molecule has 0 aliphatic carbocycles. The van der Waals surface area contributed by atoms with Gasteiger partial charge in [-0.15, -0.1) is 4.91 Å². The van der Waals surface area contributed by atoms with Crippen LogP contribution in [-0.4, -0.2) is 24.6 Å². The van der Waals surface area contributed by atoms with E-state index in [-0.39, 0.29) is 6.67 Å². The van der Waals surface area contributed by atoms with E-state index in [4.69, 9.17) is 5.73 Å². The summed E-state index contributed by atoms with van der Waals surface area (Å²) in [5.74, 6) is 0. The molecule has 0 aromatic heterocycles. The fourth-order valence-corrected chi connectivity index (χ4v) is 0.156. The zero-order chi connectivity index (χ0) is 6.57. The molecule has 5 nitrogen and oxygen atoms in total. The molecule has 8 heavy (non-hydrogen) atoms. The maximum absolute atomic E-state index is 10.0.